The van der Waals surface area contributed by atoms with E-state index in [2.05, 4.69) is 21.2 Å². The van der Waals surface area contributed by atoms with Gasteiger partial charge in [0.1, 0.15) is 12.6 Å². The predicted molar refractivity (Wildman–Crippen MR) is 172 cm³/mol. The number of halogens is 2. The molecule has 0 saturated heterocycles. The lowest BCUT2D eigenvalue weighted by Gasteiger charge is -2.35. The lowest BCUT2D eigenvalue weighted by atomic mass is 9.94. The lowest BCUT2D eigenvalue weighted by Crippen LogP contribution is -2.55. The predicted octanol–water partition coefficient (Wildman–Crippen LogP) is 6.27. The third kappa shape index (κ3) is 8.82. The fourth-order valence-electron chi connectivity index (χ4n) is 5.33. The summed E-state index contributed by atoms with van der Waals surface area (Å²) in [4.78, 5) is 29.8. The van der Waals surface area contributed by atoms with Crippen LogP contribution in [0.15, 0.2) is 77.3 Å². The molecule has 4 rings (SSSR count). The van der Waals surface area contributed by atoms with Crippen LogP contribution in [0.4, 0.5) is 5.69 Å². The van der Waals surface area contributed by atoms with Crippen molar-refractivity contribution in [3.63, 3.8) is 0 Å². The van der Waals surface area contributed by atoms with Crippen LogP contribution in [0.2, 0.25) is 5.02 Å². The van der Waals surface area contributed by atoms with Crippen LogP contribution in [0.5, 0.6) is 0 Å². The fourth-order valence-corrected chi connectivity index (χ4v) is 6.66. The van der Waals surface area contributed by atoms with Gasteiger partial charge in [0.05, 0.1) is 11.9 Å². The summed E-state index contributed by atoms with van der Waals surface area (Å²) < 4.78 is 28.0. The van der Waals surface area contributed by atoms with Gasteiger partial charge in [-0.15, -0.1) is 0 Å². The molecule has 42 heavy (non-hydrogen) atoms. The molecule has 10 heteroatoms. The molecule has 0 radical (unpaired) electrons. The van der Waals surface area contributed by atoms with E-state index < -0.39 is 28.5 Å². The number of benzene rings is 3. The third-order valence-corrected chi connectivity index (χ3v) is 9.50. The summed E-state index contributed by atoms with van der Waals surface area (Å²) in [6.45, 7) is 1.43. The molecule has 1 fully saturated rings. The van der Waals surface area contributed by atoms with Crippen LogP contribution in [0.3, 0.4) is 0 Å². The van der Waals surface area contributed by atoms with E-state index in [1.54, 1.807) is 25.1 Å². The molecule has 224 valence electrons. The minimum Gasteiger partial charge on any atom is -0.352 e. The van der Waals surface area contributed by atoms with Crippen molar-refractivity contribution in [1.29, 1.82) is 0 Å². The van der Waals surface area contributed by atoms with E-state index in [-0.39, 0.29) is 24.9 Å². The molecule has 0 unspecified atom stereocenters. The summed E-state index contributed by atoms with van der Waals surface area (Å²) in [5, 5.41) is 3.57. The molecule has 0 aliphatic heterocycles. The largest absolute Gasteiger partial charge is 0.352 e. The van der Waals surface area contributed by atoms with Gasteiger partial charge in [-0.05, 0) is 60.7 Å². The van der Waals surface area contributed by atoms with E-state index in [9.17, 15) is 18.0 Å². The highest BCUT2D eigenvalue weighted by Gasteiger charge is 2.34. The van der Waals surface area contributed by atoms with Crippen LogP contribution >= 0.6 is 27.5 Å². The Kier molecular flexibility index (Phi) is 11.1. The second-order valence-electron chi connectivity index (χ2n) is 10.9. The van der Waals surface area contributed by atoms with Crippen LogP contribution in [-0.4, -0.2) is 50.0 Å². The van der Waals surface area contributed by atoms with Crippen molar-refractivity contribution in [3.8, 4) is 0 Å². The van der Waals surface area contributed by atoms with Gasteiger partial charge in [0.25, 0.3) is 0 Å². The maximum Gasteiger partial charge on any atom is 0.244 e. The van der Waals surface area contributed by atoms with Gasteiger partial charge in [-0.3, -0.25) is 13.9 Å². The first-order valence-corrected chi connectivity index (χ1v) is 17.2. The molecular formula is C32H37BrClN3O4S. The summed E-state index contributed by atoms with van der Waals surface area (Å²) in [6.07, 6.45) is 6.42. The Morgan fingerprint density at radius 1 is 0.976 bits per heavy atom. The minimum absolute atomic E-state index is 0.0517. The van der Waals surface area contributed by atoms with Crippen molar-refractivity contribution in [2.45, 2.75) is 64.1 Å². The van der Waals surface area contributed by atoms with Crippen molar-refractivity contribution in [3.05, 3.63) is 99.0 Å². The summed E-state index contributed by atoms with van der Waals surface area (Å²) in [5.41, 5.74) is 2.71. The van der Waals surface area contributed by atoms with E-state index in [1.165, 1.54) is 4.90 Å². The number of anilines is 1. The number of nitrogens with zero attached hydrogens (tertiary/aromatic N) is 2. The van der Waals surface area contributed by atoms with Crippen LogP contribution in [0, 0.1) is 6.92 Å². The van der Waals surface area contributed by atoms with Gasteiger partial charge < -0.3 is 10.2 Å². The summed E-state index contributed by atoms with van der Waals surface area (Å²) >= 11 is 9.69. The highest BCUT2D eigenvalue weighted by molar-refractivity contribution is 9.10. The number of hydrogen-bond donors (Lipinski definition) is 1. The minimum atomic E-state index is -3.87. The first kappa shape index (κ1) is 32.0. The molecule has 0 spiro atoms. The molecular weight excluding hydrogens is 638 g/mol. The standard InChI is InChI=1S/C32H37BrClN3O4S/c1-23-13-18-27(34)20-29(23)37(42(2,40)41)22-31(38)36(21-25-14-16-26(33)17-15-25)30(19-24-9-5-3-6-10-24)32(39)35-28-11-7-4-8-12-28/h3,5-6,9-10,13-18,20,28,30H,4,7-8,11-12,19,21-22H2,1-2H3,(H,35,39)/t30-/m0/s1. The molecule has 3 aromatic carbocycles. The smallest absolute Gasteiger partial charge is 0.244 e. The number of rotatable bonds is 11. The van der Waals surface area contributed by atoms with Gasteiger partial charge in [0.2, 0.25) is 21.8 Å². The number of carbonyl (C=O) groups is 2. The van der Waals surface area contributed by atoms with Gasteiger partial charge in [-0.2, -0.15) is 0 Å². The maximum absolute atomic E-state index is 14.3. The topological polar surface area (TPSA) is 86.8 Å². The molecule has 7 nitrogen and oxygen atoms in total. The van der Waals surface area contributed by atoms with Crippen LogP contribution in [0.25, 0.3) is 0 Å². The molecule has 1 saturated carbocycles. The second-order valence-corrected chi connectivity index (χ2v) is 14.2. The summed E-state index contributed by atoms with van der Waals surface area (Å²) in [5.74, 6) is -0.719. The van der Waals surface area contributed by atoms with Crippen molar-refractivity contribution in [2.24, 2.45) is 0 Å². The van der Waals surface area contributed by atoms with Crippen molar-refractivity contribution < 1.29 is 18.0 Å². The van der Waals surface area contributed by atoms with Crippen LogP contribution in [0.1, 0.15) is 48.8 Å². The van der Waals surface area contributed by atoms with E-state index in [0.717, 1.165) is 58.3 Å². The number of nitrogens with one attached hydrogen (secondary N) is 1. The summed E-state index contributed by atoms with van der Waals surface area (Å²) in [7, 11) is -3.87. The number of amides is 2. The molecule has 0 aromatic heterocycles. The Labute approximate surface area is 262 Å². The monoisotopic (exact) mass is 673 g/mol. The van der Waals surface area contributed by atoms with E-state index >= 15 is 0 Å². The molecule has 1 aliphatic rings. The zero-order chi connectivity index (χ0) is 30.3. The zero-order valence-electron chi connectivity index (χ0n) is 23.9. The van der Waals surface area contributed by atoms with Crippen molar-refractivity contribution >= 4 is 55.1 Å². The second kappa shape index (κ2) is 14.5. The first-order valence-electron chi connectivity index (χ1n) is 14.1. The normalized spacial score (nSPS) is 14.7. The quantitative estimate of drug-likeness (QED) is 0.260. The number of carbonyl (C=O) groups excluding carboxylic acids is 2. The van der Waals surface area contributed by atoms with Gasteiger partial charge >= 0.3 is 0 Å². The molecule has 0 heterocycles. The molecule has 3 aromatic rings. The van der Waals surface area contributed by atoms with Crippen LogP contribution in [-0.2, 0) is 32.6 Å². The lowest BCUT2D eigenvalue weighted by molar-refractivity contribution is -0.140. The maximum atomic E-state index is 14.3. The molecule has 0 bridgehead atoms. The Morgan fingerprint density at radius 2 is 1.64 bits per heavy atom. The van der Waals surface area contributed by atoms with Crippen molar-refractivity contribution in [1.82, 2.24) is 10.2 Å². The highest BCUT2D eigenvalue weighted by atomic mass is 79.9. The van der Waals surface area contributed by atoms with Gasteiger partial charge in [0.15, 0.2) is 0 Å². The molecule has 1 aliphatic carbocycles. The average molecular weight is 675 g/mol. The summed E-state index contributed by atoms with van der Waals surface area (Å²) in [6, 6.07) is 21.2. The number of hydrogen-bond acceptors (Lipinski definition) is 4. The Bertz CT molecular complexity index is 1480. The van der Waals surface area contributed by atoms with Gasteiger partial charge in [-0.25, -0.2) is 8.42 Å². The Balaban J connectivity index is 1.73. The average Bonchev–Trinajstić information content (AvgIpc) is 2.96. The fraction of sp³-hybridized carbons (Fsp3) is 0.375. The van der Waals surface area contributed by atoms with Gasteiger partial charge in [-0.1, -0.05) is 95.3 Å². The van der Waals surface area contributed by atoms with E-state index in [1.807, 2.05) is 54.6 Å². The van der Waals surface area contributed by atoms with E-state index in [4.69, 9.17) is 11.6 Å². The Morgan fingerprint density at radius 3 is 2.29 bits per heavy atom. The Hall–Kier alpha value is -2.88. The zero-order valence-corrected chi connectivity index (χ0v) is 27.1. The SMILES string of the molecule is Cc1ccc(Cl)cc1N(CC(=O)N(Cc1ccc(Br)cc1)[C@@H](Cc1ccccc1)C(=O)NC1CCCCC1)S(C)(=O)=O. The molecule has 2 amide bonds. The van der Waals surface area contributed by atoms with Gasteiger partial charge in [0, 0.05) is 28.5 Å². The molecule has 1 atom stereocenters. The van der Waals surface area contributed by atoms with E-state index in [0.29, 0.717) is 16.3 Å². The van der Waals surface area contributed by atoms with Crippen LogP contribution < -0.4 is 9.62 Å². The number of sulfonamides is 1. The third-order valence-electron chi connectivity index (χ3n) is 7.61. The molecule has 1 N–H and O–H groups in total. The first-order chi connectivity index (χ1) is 20.0. The van der Waals surface area contributed by atoms with Crippen molar-refractivity contribution in [2.75, 3.05) is 17.1 Å². The number of aryl methyl sites for hydroxylation is 1. The highest BCUT2D eigenvalue weighted by Crippen LogP contribution is 2.27.